The smallest absolute Gasteiger partial charge is 0.250 e. The van der Waals surface area contributed by atoms with Gasteiger partial charge in [0, 0.05) is 24.6 Å². The third kappa shape index (κ3) is 2.42. The molecule has 0 aromatic heterocycles. The normalized spacial score (nSPS) is 23.4. The SMILES string of the molecule is COCC(=O)Nc1ccc(C2=NNC(=O)C3CC23)cc1. The van der Waals surface area contributed by atoms with Crippen LogP contribution in [0.15, 0.2) is 29.4 Å². The van der Waals surface area contributed by atoms with E-state index in [4.69, 9.17) is 4.74 Å². The molecule has 1 aliphatic carbocycles. The molecule has 3 rings (SSSR count). The Morgan fingerprint density at radius 1 is 1.40 bits per heavy atom. The number of nitrogens with one attached hydrogen (secondary N) is 2. The quantitative estimate of drug-likeness (QED) is 0.849. The number of nitrogens with zero attached hydrogens (tertiary/aromatic N) is 1. The highest BCUT2D eigenvalue weighted by Crippen LogP contribution is 2.43. The lowest BCUT2D eigenvalue weighted by Gasteiger charge is -2.12. The summed E-state index contributed by atoms with van der Waals surface area (Å²) in [6.45, 7) is 0.0320. The van der Waals surface area contributed by atoms with Gasteiger partial charge in [0.25, 0.3) is 0 Å². The van der Waals surface area contributed by atoms with Crippen LogP contribution in [0.25, 0.3) is 0 Å². The van der Waals surface area contributed by atoms with Crippen LogP contribution in [0.3, 0.4) is 0 Å². The van der Waals surface area contributed by atoms with Crippen molar-refractivity contribution in [2.24, 2.45) is 16.9 Å². The zero-order valence-electron chi connectivity index (χ0n) is 11.1. The Morgan fingerprint density at radius 2 is 2.15 bits per heavy atom. The zero-order valence-corrected chi connectivity index (χ0v) is 11.1. The molecule has 104 valence electrons. The molecule has 1 aromatic rings. The first-order valence-corrected chi connectivity index (χ1v) is 6.45. The molecule has 1 aliphatic heterocycles. The number of ether oxygens (including phenoxy) is 1. The number of methoxy groups -OCH3 is 1. The van der Waals surface area contributed by atoms with Crippen LogP contribution in [0.1, 0.15) is 12.0 Å². The fourth-order valence-corrected chi connectivity index (χ4v) is 2.40. The van der Waals surface area contributed by atoms with Gasteiger partial charge in [0.2, 0.25) is 11.8 Å². The molecule has 0 bridgehead atoms. The first-order valence-electron chi connectivity index (χ1n) is 6.45. The van der Waals surface area contributed by atoms with Crippen LogP contribution in [0.4, 0.5) is 5.69 Å². The van der Waals surface area contributed by atoms with E-state index in [-0.39, 0.29) is 30.3 Å². The summed E-state index contributed by atoms with van der Waals surface area (Å²) in [5, 5.41) is 6.86. The van der Waals surface area contributed by atoms with Crippen LogP contribution in [0.2, 0.25) is 0 Å². The minimum atomic E-state index is -0.190. The molecule has 1 heterocycles. The highest BCUT2D eigenvalue weighted by atomic mass is 16.5. The van der Waals surface area contributed by atoms with Crippen molar-refractivity contribution in [3.05, 3.63) is 29.8 Å². The van der Waals surface area contributed by atoms with Gasteiger partial charge in [0.05, 0.1) is 5.71 Å². The Morgan fingerprint density at radius 3 is 2.85 bits per heavy atom. The molecule has 0 radical (unpaired) electrons. The Balaban J connectivity index is 1.71. The van der Waals surface area contributed by atoms with Gasteiger partial charge in [0.1, 0.15) is 6.61 Å². The second kappa shape index (κ2) is 5.05. The van der Waals surface area contributed by atoms with Crippen LogP contribution in [0.5, 0.6) is 0 Å². The predicted octanol–water partition coefficient (Wildman–Crippen LogP) is 0.741. The van der Waals surface area contributed by atoms with Crippen LogP contribution >= 0.6 is 0 Å². The number of fused-ring (bicyclic) bond motifs is 1. The molecule has 6 nitrogen and oxygen atoms in total. The summed E-state index contributed by atoms with van der Waals surface area (Å²) in [5.74, 6) is 0.160. The lowest BCUT2D eigenvalue weighted by atomic mass is 10.0. The molecule has 0 saturated heterocycles. The number of amides is 2. The van der Waals surface area contributed by atoms with E-state index in [0.29, 0.717) is 5.69 Å². The van der Waals surface area contributed by atoms with Crippen molar-refractivity contribution in [1.29, 1.82) is 0 Å². The second-order valence-electron chi connectivity index (χ2n) is 4.98. The van der Waals surface area contributed by atoms with Gasteiger partial charge in [0.15, 0.2) is 0 Å². The van der Waals surface area contributed by atoms with E-state index in [1.54, 1.807) is 0 Å². The molecule has 20 heavy (non-hydrogen) atoms. The fraction of sp³-hybridized carbons (Fsp3) is 0.357. The Kier molecular flexibility index (Phi) is 3.23. The van der Waals surface area contributed by atoms with Gasteiger partial charge in [-0.3, -0.25) is 9.59 Å². The third-order valence-electron chi connectivity index (χ3n) is 3.50. The Hall–Kier alpha value is -2.21. The summed E-state index contributed by atoms with van der Waals surface area (Å²) in [4.78, 5) is 22.8. The summed E-state index contributed by atoms with van der Waals surface area (Å²) >= 11 is 0. The van der Waals surface area contributed by atoms with Gasteiger partial charge < -0.3 is 10.1 Å². The van der Waals surface area contributed by atoms with Gasteiger partial charge in [-0.15, -0.1) is 0 Å². The number of benzene rings is 1. The van der Waals surface area contributed by atoms with E-state index in [9.17, 15) is 9.59 Å². The summed E-state index contributed by atoms with van der Waals surface area (Å²) in [5.41, 5.74) is 5.16. The number of hydrazone groups is 1. The summed E-state index contributed by atoms with van der Waals surface area (Å²) in [6, 6.07) is 7.43. The van der Waals surface area contributed by atoms with Gasteiger partial charge in [-0.2, -0.15) is 5.10 Å². The van der Waals surface area contributed by atoms with Crippen molar-refractivity contribution in [3.8, 4) is 0 Å². The van der Waals surface area contributed by atoms with Gasteiger partial charge in [-0.05, 0) is 24.1 Å². The third-order valence-corrected chi connectivity index (χ3v) is 3.50. The highest BCUT2D eigenvalue weighted by molar-refractivity contribution is 6.09. The molecular weight excluding hydrogens is 258 g/mol. The van der Waals surface area contributed by atoms with E-state index in [1.165, 1.54) is 7.11 Å². The van der Waals surface area contributed by atoms with E-state index in [2.05, 4.69) is 15.8 Å². The molecule has 2 unspecified atom stereocenters. The molecule has 1 saturated carbocycles. The monoisotopic (exact) mass is 273 g/mol. The second-order valence-corrected chi connectivity index (χ2v) is 4.98. The molecule has 2 atom stereocenters. The van der Waals surface area contributed by atoms with Gasteiger partial charge in [-0.25, -0.2) is 5.43 Å². The maximum atomic E-state index is 11.4. The largest absolute Gasteiger partial charge is 0.375 e. The molecular formula is C14H15N3O3. The van der Waals surface area contributed by atoms with Crippen molar-refractivity contribution in [2.75, 3.05) is 19.0 Å². The van der Waals surface area contributed by atoms with Crippen molar-refractivity contribution >= 4 is 23.2 Å². The molecule has 0 spiro atoms. The number of carbonyl (C=O) groups is 2. The van der Waals surface area contributed by atoms with E-state index >= 15 is 0 Å². The van der Waals surface area contributed by atoms with Crippen LogP contribution < -0.4 is 10.7 Å². The van der Waals surface area contributed by atoms with Crippen LogP contribution in [-0.4, -0.2) is 31.2 Å². The van der Waals surface area contributed by atoms with Crippen molar-refractivity contribution in [1.82, 2.24) is 5.43 Å². The molecule has 1 aromatic carbocycles. The first-order chi connectivity index (χ1) is 9.69. The summed E-state index contributed by atoms with van der Waals surface area (Å²) < 4.78 is 4.75. The highest BCUT2D eigenvalue weighted by Gasteiger charge is 2.49. The predicted molar refractivity (Wildman–Crippen MR) is 73.2 cm³/mol. The number of hydrogen-bond acceptors (Lipinski definition) is 4. The molecule has 1 fully saturated rings. The Bertz CT molecular complexity index is 580. The maximum absolute atomic E-state index is 11.4. The molecule has 2 aliphatic rings. The lowest BCUT2D eigenvalue weighted by molar-refractivity contribution is -0.122. The van der Waals surface area contributed by atoms with Crippen LogP contribution in [0, 0.1) is 11.8 Å². The first kappa shape index (κ1) is 12.8. The van der Waals surface area contributed by atoms with E-state index in [0.717, 1.165) is 17.7 Å². The average Bonchev–Trinajstić information content (AvgIpc) is 3.22. The topological polar surface area (TPSA) is 79.8 Å². The van der Waals surface area contributed by atoms with E-state index in [1.807, 2.05) is 24.3 Å². The van der Waals surface area contributed by atoms with Crippen molar-refractivity contribution in [3.63, 3.8) is 0 Å². The summed E-state index contributed by atoms with van der Waals surface area (Å²) in [6.07, 6.45) is 0.872. The molecule has 2 amide bonds. The Labute approximate surface area is 116 Å². The van der Waals surface area contributed by atoms with E-state index < -0.39 is 0 Å². The van der Waals surface area contributed by atoms with Crippen molar-refractivity contribution in [2.45, 2.75) is 6.42 Å². The fourth-order valence-electron chi connectivity index (χ4n) is 2.40. The maximum Gasteiger partial charge on any atom is 0.250 e. The van der Waals surface area contributed by atoms with Crippen molar-refractivity contribution < 1.29 is 14.3 Å². The number of anilines is 1. The van der Waals surface area contributed by atoms with Crippen LogP contribution in [-0.2, 0) is 14.3 Å². The standard InChI is InChI=1S/C14H15N3O3/c1-20-7-12(18)15-9-4-2-8(3-5-9)13-10-6-11(10)14(19)17-16-13/h2-5,10-11H,6-7H2,1H3,(H,15,18)(H,17,19). The average molecular weight is 273 g/mol. The zero-order chi connectivity index (χ0) is 14.1. The lowest BCUT2D eigenvalue weighted by Crippen LogP contribution is -2.28. The number of carbonyl (C=O) groups excluding carboxylic acids is 2. The van der Waals surface area contributed by atoms with Gasteiger partial charge >= 0.3 is 0 Å². The van der Waals surface area contributed by atoms with Gasteiger partial charge in [-0.1, -0.05) is 12.1 Å². The molecule has 6 heteroatoms. The molecule has 2 N–H and O–H groups in total. The minimum Gasteiger partial charge on any atom is -0.375 e. The number of hydrogen-bond donors (Lipinski definition) is 2. The minimum absolute atomic E-state index is 0.0159. The number of rotatable bonds is 4. The summed E-state index contributed by atoms with van der Waals surface area (Å²) in [7, 11) is 1.48.